The number of likely N-dealkylation sites (tertiary alicyclic amines) is 1. The zero-order valence-electron chi connectivity index (χ0n) is 17.3. The summed E-state index contributed by atoms with van der Waals surface area (Å²) in [6, 6.07) is 9.61. The molecule has 10 heteroatoms. The molecule has 3 rings (SSSR count). The Bertz CT molecular complexity index is 1040. The van der Waals surface area contributed by atoms with Gasteiger partial charge < -0.3 is 5.32 Å². The van der Waals surface area contributed by atoms with Gasteiger partial charge in [-0.15, -0.1) is 0 Å². The van der Waals surface area contributed by atoms with Crippen molar-refractivity contribution >= 4 is 15.9 Å². The highest BCUT2D eigenvalue weighted by Crippen LogP contribution is 2.18. The number of sulfonamides is 1. The van der Waals surface area contributed by atoms with E-state index in [9.17, 15) is 22.0 Å². The van der Waals surface area contributed by atoms with Gasteiger partial charge in [-0.1, -0.05) is 16.6 Å². The van der Waals surface area contributed by atoms with Crippen LogP contribution in [0.25, 0.3) is 0 Å². The van der Waals surface area contributed by atoms with E-state index in [1.165, 1.54) is 38.4 Å². The summed E-state index contributed by atoms with van der Waals surface area (Å²) in [7, 11) is -1.33. The van der Waals surface area contributed by atoms with Crippen molar-refractivity contribution in [2.75, 3.05) is 27.2 Å². The summed E-state index contributed by atoms with van der Waals surface area (Å²) in [5.74, 6) is -2.08. The molecular weight excluding hydrogens is 428 g/mol. The van der Waals surface area contributed by atoms with E-state index >= 15 is 0 Å². The van der Waals surface area contributed by atoms with Crippen molar-refractivity contribution in [1.82, 2.24) is 14.7 Å². The van der Waals surface area contributed by atoms with E-state index in [1.54, 1.807) is 12.1 Å². The third kappa shape index (κ3) is 5.65. The van der Waals surface area contributed by atoms with E-state index in [0.29, 0.717) is 38.0 Å². The number of hydrogen-bond acceptors (Lipinski definition) is 5. The second-order valence-electron chi connectivity index (χ2n) is 7.40. The number of rotatable bonds is 7. The van der Waals surface area contributed by atoms with Gasteiger partial charge in [0, 0.05) is 38.3 Å². The molecule has 1 N–H and O–H groups in total. The van der Waals surface area contributed by atoms with Gasteiger partial charge in [0.2, 0.25) is 0 Å². The first-order valence-corrected chi connectivity index (χ1v) is 11.2. The van der Waals surface area contributed by atoms with Crippen molar-refractivity contribution in [1.29, 1.82) is 0 Å². The van der Waals surface area contributed by atoms with Gasteiger partial charge in [0.25, 0.3) is 15.9 Å². The molecule has 1 saturated heterocycles. The predicted octanol–water partition coefficient (Wildman–Crippen LogP) is 2.54. The second-order valence-corrected chi connectivity index (χ2v) is 9.33. The fourth-order valence-electron chi connectivity index (χ4n) is 3.44. The van der Waals surface area contributed by atoms with E-state index in [0.717, 1.165) is 10.5 Å². The van der Waals surface area contributed by atoms with Crippen LogP contribution in [0.1, 0.15) is 28.8 Å². The van der Waals surface area contributed by atoms with Crippen molar-refractivity contribution in [2.45, 2.75) is 30.3 Å². The molecule has 1 heterocycles. The summed E-state index contributed by atoms with van der Waals surface area (Å²) < 4.78 is 51.9. The normalized spacial score (nSPS) is 15.9. The van der Waals surface area contributed by atoms with E-state index in [4.69, 9.17) is 4.84 Å². The Balaban J connectivity index is 1.56. The van der Waals surface area contributed by atoms with Crippen LogP contribution in [-0.2, 0) is 21.4 Å². The molecule has 0 aromatic heterocycles. The summed E-state index contributed by atoms with van der Waals surface area (Å²) in [5, 5.41) is 2.94. The fraction of sp³-hybridized carbons (Fsp3) is 0.381. The van der Waals surface area contributed by atoms with Gasteiger partial charge in [-0.05, 0) is 48.7 Å². The van der Waals surface area contributed by atoms with Crippen LogP contribution in [0.15, 0.2) is 47.4 Å². The molecule has 1 fully saturated rings. The summed E-state index contributed by atoms with van der Waals surface area (Å²) in [6.45, 7) is 1.89. The topological polar surface area (TPSA) is 78.9 Å². The van der Waals surface area contributed by atoms with Gasteiger partial charge in [-0.2, -0.15) is 0 Å². The Labute approximate surface area is 180 Å². The first-order valence-electron chi connectivity index (χ1n) is 9.81. The standard InChI is InChI=1S/C21H25F2N3O4S/c1-25(30-2)31(28,29)18-5-3-4-16(13-18)21(27)24-17-8-10-26(11-9-17)14-15-6-7-19(22)20(23)12-15/h3-7,12-13,17H,8-11,14H2,1-2H3,(H,24,27). The molecule has 2 aromatic rings. The summed E-state index contributed by atoms with van der Waals surface area (Å²) >= 11 is 0. The molecule has 0 aliphatic carbocycles. The van der Waals surface area contributed by atoms with Crippen LogP contribution < -0.4 is 5.32 Å². The molecule has 31 heavy (non-hydrogen) atoms. The molecule has 1 aliphatic rings. The number of hydroxylamine groups is 1. The summed E-state index contributed by atoms with van der Waals surface area (Å²) in [5.41, 5.74) is 0.940. The fourth-order valence-corrected chi connectivity index (χ4v) is 4.46. The van der Waals surface area contributed by atoms with Crippen molar-refractivity contribution in [2.24, 2.45) is 0 Å². The highest BCUT2D eigenvalue weighted by Gasteiger charge is 2.24. The largest absolute Gasteiger partial charge is 0.349 e. The van der Waals surface area contributed by atoms with Gasteiger partial charge in [-0.3, -0.25) is 14.5 Å². The van der Waals surface area contributed by atoms with Gasteiger partial charge >= 0.3 is 0 Å². The number of carbonyl (C=O) groups excluding carboxylic acids is 1. The Morgan fingerprint density at radius 3 is 2.52 bits per heavy atom. The maximum atomic E-state index is 13.4. The van der Waals surface area contributed by atoms with Gasteiger partial charge in [0.15, 0.2) is 11.6 Å². The SMILES string of the molecule is CON(C)S(=O)(=O)c1cccc(C(=O)NC2CCN(Cc3ccc(F)c(F)c3)CC2)c1. The lowest BCUT2D eigenvalue weighted by Crippen LogP contribution is -2.44. The average molecular weight is 454 g/mol. The first kappa shape index (κ1) is 23.3. The summed E-state index contributed by atoms with van der Waals surface area (Å²) in [4.78, 5) is 19.5. The van der Waals surface area contributed by atoms with Gasteiger partial charge in [0.05, 0.1) is 12.0 Å². The van der Waals surface area contributed by atoms with E-state index in [2.05, 4.69) is 10.2 Å². The van der Waals surface area contributed by atoms with Crippen molar-refractivity contribution < 1.29 is 26.8 Å². The van der Waals surface area contributed by atoms with Crippen LogP contribution >= 0.6 is 0 Å². The molecule has 1 aliphatic heterocycles. The van der Waals surface area contributed by atoms with Gasteiger partial charge in [-0.25, -0.2) is 17.2 Å². The lowest BCUT2D eigenvalue weighted by molar-refractivity contribution is -0.0258. The van der Waals surface area contributed by atoms with Crippen LogP contribution in [0.5, 0.6) is 0 Å². The van der Waals surface area contributed by atoms with Crippen LogP contribution in [0.3, 0.4) is 0 Å². The number of amides is 1. The lowest BCUT2D eigenvalue weighted by atomic mass is 10.0. The van der Waals surface area contributed by atoms with Crippen LogP contribution in [0, 0.1) is 11.6 Å². The third-order valence-corrected chi connectivity index (χ3v) is 6.98. The predicted molar refractivity (Wildman–Crippen MR) is 111 cm³/mol. The number of piperidine rings is 1. The number of hydrogen-bond donors (Lipinski definition) is 1. The molecule has 0 atom stereocenters. The van der Waals surface area contributed by atoms with Crippen LogP contribution in [0.2, 0.25) is 0 Å². The third-order valence-electron chi connectivity index (χ3n) is 5.30. The molecule has 0 spiro atoms. The smallest absolute Gasteiger partial charge is 0.264 e. The Kier molecular flexibility index (Phi) is 7.37. The van der Waals surface area contributed by atoms with E-state index in [-0.39, 0.29) is 22.4 Å². The van der Waals surface area contributed by atoms with Gasteiger partial charge in [0.1, 0.15) is 0 Å². The molecule has 0 saturated carbocycles. The minimum Gasteiger partial charge on any atom is -0.349 e. The molecular formula is C21H25F2N3O4S. The Morgan fingerprint density at radius 2 is 1.87 bits per heavy atom. The van der Waals surface area contributed by atoms with E-state index in [1.807, 2.05) is 0 Å². The van der Waals surface area contributed by atoms with Crippen molar-refractivity contribution in [3.63, 3.8) is 0 Å². The number of nitrogens with zero attached hydrogens (tertiary/aromatic N) is 2. The summed E-state index contributed by atoms with van der Waals surface area (Å²) in [6.07, 6.45) is 1.39. The van der Waals surface area contributed by atoms with Crippen LogP contribution in [-0.4, -0.2) is 57.0 Å². The zero-order valence-corrected chi connectivity index (χ0v) is 18.2. The number of nitrogens with one attached hydrogen (secondary N) is 1. The van der Waals surface area contributed by atoms with Crippen molar-refractivity contribution in [3.8, 4) is 0 Å². The minimum absolute atomic E-state index is 0.0363. The van der Waals surface area contributed by atoms with Crippen molar-refractivity contribution in [3.05, 3.63) is 65.2 Å². The second kappa shape index (κ2) is 9.82. The first-order chi connectivity index (χ1) is 14.7. The molecule has 0 unspecified atom stereocenters. The quantitative estimate of drug-likeness (QED) is 0.652. The number of halogens is 2. The zero-order chi connectivity index (χ0) is 22.6. The monoisotopic (exact) mass is 453 g/mol. The molecule has 0 radical (unpaired) electrons. The minimum atomic E-state index is -3.85. The Hall–Kier alpha value is -2.40. The van der Waals surface area contributed by atoms with Crippen LogP contribution in [0.4, 0.5) is 8.78 Å². The average Bonchev–Trinajstić information content (AvgIpc) is 2.77. The van der Waals surface area contributed by atoms with E-state index < -0.39 is 21.7 Å². The molecule has 1 amide bonds. The maximum Gasteiger partial charge on any atom is 0.264 e. The maximum absolute atomic E-state index is 13.4. The molecule has 7 nitrogen and oxygen atoms in total. The Morgan fingerprint density at radius 1 is 1.16 bits per heavy atom. The number of carbonyl (C=O) groups is 1. The highest BCUT2D eigenvalue weighted by molar-refractivity contribution is 7.89. The number of benzene rings is 2. The molecule has 2 aromatic carbocycles. The lowest BCUT2D eigenvalue weighted by Gasteiger charge is -2.32. The molecule has 0 bridgehead atoms. The highest BCUT2D eigenvalue weighted by atomic mass is 32.2. The molecule has 168 valence electrons.